The number of rotatable bonds is 3. The van der Waals surface area contributed by atoms with E-state index in [1.54, 1.807) is 0 Å². The van der Waals surface area contributed by atoms with Crippen LogP contribution in [0.5, 0.6) is 0 Å². The SMILES string of the molecule is CCOC(=O)C1(N2CCCNCC2)CCC(C)CC1C. The highest BCUT2D eigenvalue weighted by Crippen LogP contribution is 2.42. The molecule has 3 atom stereocenters. The van der Waals surface area contributed by atoms with Gasteiger partial charge in [-0.1, -0.05) is 13.8 Å². The van der Waals surface area contributed by atoms with Gasteiger partial charge in [-0.3, -0.25) is 9.69 Å². The van der Waals surface area contributed by atoms with Crippen LogP contribution in [0.25, 0.3) is 0 Å². The van der Waals surface area contributed by atoms with Crippen LogP contribution in [-0.2, 0) is 9.53 Å². The molecule has 1 aliphatic heterocycles. The van der Waals surface area contributed by atoms with E-state index in [9.17, 15) is 4.79 Å². The van der Waals surface area contributed by atoms with Gasteiger partial charge in [-0.05, 0) is 51.0 Å². The summed E-state index contributed by atoms with van der Waals surface area (Å²) in [5.41, 5.74) is -0.380. The van der Waals surface area contributed by atoms with Crippen molar-refractivity contribution < 1.29 is 9.53 Å². The van der Waals surface area contributed by atoms with Gasteiger partial charge in [0.15, 0.2) is 0 Å². The first-order valence-electron chi connectivity index (χ1n) is 8.24. The zero-order valence-electron chi connectivity index (χ0n) is 13.3. The lowest BCUT2D eigenvalue weighted by Gasteiger charge is -2.49. The Morgan fingerprint density at radius 2 is 2.15 bits per heavy atom. The molecule has 2 fully saturated rings. The van der Waals surface area contributed by atoms with Crippen molar-refractivity contribution in [2.75, 3.05) is 32.8 Å². The molecule has 1 saturated heterocycles. The minimum absolute atomic E-state index is 0.0151. The van der Waals surface area contributed by atoms with Crippen molar-refractivity contribution in [1.82, 2.24) is 10.2 Å². The average molecular weight is 282 g/mol. The van der Waals surface area contributed by atoms with Gasteiger partial charge in [0.1, 0.15) is 5.54 Å². The molecule has 4 nitrogen and oxygen atoms in total. The quantitative estimate of drug-likeness (QED) is 0.804. The molecule has 3 unspecified atom stereocenters. The number of carbonyl (C=O) groups is 1. The van der Waals surface area contributed by atoms with Crippen LogP contribution in [0.4, 0.5) is 0 Å². The van der Waals surface area contributed by atoms with Crippen LogP contribution < -0.4 is 5.32 Å². The van der Waals surface area contributed by atoms with Gasteiger partial charge in [-0.25, -0.2) is 0 Å². The molecule has 0 spiro atoms. The standard InChI is InChI=1S/C16H30N2O2/c1-4-20-15(19)16(7-6-13(2)12-14(16)3)18-10-5-8-17-9-11-18/h13-14,17H,4-12H2,1-3H3. The fraction of sp³-hybridized carbons (Fsp3) is 0.938. The van der Waals surface area contributed by atoms with E-state index in [-0.39, 0.29) is 11.5 Å². The molecule has 1 N–H and O–H groups in total. The highest BCUT2D eigenvalue weighted by atomic mass is 16.5. The molecule has 1 aliphatic carbocycles. The first kappa shape index (κ1) is 15.8. The Morgan fingerprint density at radius 1 is 1.35 bits per heavy atom. The fourth-order valence-corrected chi connectivity index (χ4v) is 4.03. The van der Waals surface area contributed by atoms with Crippen molar-refractivity contribution in [3.63, 3.8) is 0 Å². The minimum Gasteiger partial charge on any atom is -0.465 e. The zero-order valence-corrected chi connectivity index (χ0v) is 13.3. The topological polar surface area (TPSA) is 41.6 Å². The summed E-state index contributed by atoms with van der Waals surface area (Å²) in [5.74, 6) is 1.11. The van der Waals surface area contributed by atoms with E-state index >= 15 is 0 Å². The minimum atomic E-state index is -0.380. The van der Waals surface area contributed by atoms with E-state index in [4.69, 9.17) is 4.74 Å². The summed E-state index contributed by atoms with van der Waals surface area (Å²) in [4.78, 5) is 15.2. The predicted octanol–water partition coefficient (Wildman–Crippen LogP) is 2.04. The first-order chi connectivity index (χ1) is 9.61. The molecule has 2 aliphatic rings. The van der Waals surface area contributed by atoms with Crippen molar-refractivity contribution in [1.29, 1.82) is 0 Å². The molecular weight excluding hydrogens is 252 g/mol. The molecule has 0 aromatic heterocycles. The van der Waals surface area contributed by atoms with Gasteiger partial charge in [0, 0.05) is 19.6 Å². The second kappa shape index (κ2) is 6.90. The van der Waals surface area contributed by atoms with Gasteiger partial charge >= 0.3 is 5.97 Å². The zero-order chi connectivity index (χ0) is 14.6. The van der Waals surface area contributed by atoms with Gasteiger partial charge in [0.2, 0.25) is 0 Å². The summed E-state index contributed by atoms with van der Waals surface area (Å²) in [7, 11) is 0. The van der Waals surface area contributed by atoms with E-state index < -0.39 is 0 Å². The van der Waals surface area contributed by atoms with Gasteiger partial charge in [-0.15, -0.1) is 0 Å². The van der Waals surface area contributed by atoms with Crippen molar-refractivity contribution in [2.24, 2.45) is 11.8 Å². The molecule has 1 saturated carbocycles. The molecule has 0 radical (unpaired) electrons. The number of carbonyl (C=O) groups excluding carboxylic acids is 1. The largest absolute Gasteiger partial charge is 0.465 e. The summed E-state index contributed by atoms with van der Waals surface area (Å²) >= 11 is 0. The molecular formula is C16H30N2O2. The van der Waals surface area contributed by atoms with Crippen LogP contribution in [0, 0.1) is 11.8 Å². The molecule has 20 heavy (non-hydrogen) atoms. The van der Waals surface area contributed by atoms with Crippen LogP contribution in [0.3, 0.4) is 0 Å². The molecule has 0 aromatic rings. The third-order valence-corrected chi connectivity index (χ3v) is 5.12. The van der Waals surface area contributed by atoms with Gasteiger partial charge in [0.05, 0.1) is 6.61 Å². The van der Waals surface area contributed by atoms with Crippen LogP contribution in [-0.4, -0.2) is 49.2 Å². The Hall–Kier alpha value is -0.610. The third kappa shape index (κ3) is 3.01. The van der Waals surface area contributed by atoms with Crippen LogP contribution in [0.2, 0.25) is 0 Å². The fourth-order valence-electron chi connectivity index (χ4n) is 4.03. The predicted molar refractivity (Wildman–Crippen MR) is 80.6 cm³/mol. The number of esters is 1. The molecule has 0 aromatic carbocycles. The summed E-state index contributed by atoms with van der Waals surface area (Å²) in [6.07, 6.45) is 4.33. The highest BCUT2D eigenvalue weighted by molar-refractivity contribution is 5.81. The molecule has 2 rings (SSSR count). The monoisotopic (exact) mass is 282 g/mol. The van der Waals surface area contributed by atoms with E-state index in [1.807, 2.05) is 6.92 Å². The normalized spacial score (nSPS) is 36.4. The van der Waals surface area contributed by atoms with E-state index in [2.05, 4.69) is 24.1 Å². The number of ether oxygens (including phenoxy) is 1. The van der Waals surface area contributed by atoms with Crippen molar-refractivity contribution in [3.05, 3.63) is 0 Å². The second-order valence-electron chi connectivity index (χ2n) is 6.52. The average Bonchev–Trinajstić information content (AvgIpc) is 2.68. The summed E-state index contributed by atoms with van der Waals surface area (Å²) in [6, 6.07) is 0. The van der Waals surface area contributed by atoms with Gasteiger partial charge < -0.3 is 10.1 Å². The van der Waals surface area contributed by atoms with Gasteiger partial charge in [-0.2, -0.15) is 0 Å². The lowest BCUT2D eigenvalue weighted by molar-refractivity contribution is -0.166. The van der Waals surface area contributed by atoms with Crippen LogP contribution in [0.1, 0.15) is 46.5 Å². The lowest BCUT2D eigenvalue weighted by Crippen LogP contribution is -2.62. The maximum atomic E-state index is 12.8. The Balaban J connectivity index is 2.24. The number of nitrogens with zero attached hydrogens (tertiary/aromatic N) is 1. The number of hydrogen-bond acceptors (Lipinski definition) is 4. The molecule has 0 bridgehead atoms. The smallest absolute Gasteiger partial charge is 0.326 e. The summed E-state index contributed by atoms with van der Waals surface area (Å²) < 4.78 is 5.48. The Labute approximate surface area is 123 Å². The van der Waals surface area contributed by atoms with Crippen molar-refractivity contribution in [2.45, 2.75) is 52.0 Å². The maximum absolute atomic E-state index is 12.8. The number of hydrogen-bond donors (Lipinski definition) is 1. The van der Waals surface area contributed by atoms with E-state index in [0.717, 1.165) is 57.8 Å². The first-order valence-corrected chi connectivity index (χ1v) is 8.24. The van der Waals surface area contributed by atoms with Crippen LogP contribution >= 0.6 is 0 Å². The second-order valence-corrected chi connectivity index (χ2v) is 6.52. The Morgan fingerprint density at radius 3 is 2.85 bits per heavy atom. The van der Waals surface area contributed by atoms with Crippen molar-refractivity contribution >= 4 is 5.97 Å². The van der Waals surface area contributed by atoms with E-state index in [1.165, 1.54) is 0 Å². The maximum Gasteiger partial charge on any atom is 0.326 e. The third-order valence-electron chi connectivity index (χ3n) is 5.12. The Bertz CT molecular complexity index is 326. The molecule has 4 heteroatoms. The molecule has 1 heterocycles. The highest BCUT2D eigenvalue weighted by Gasteiger charge is 2.51. The van der Waals surface area contributed by atoms with Crippen molar-refractivity contribution in [3.8, 4) is 0 Å². The summed E-state index contributed by atoms with van der Waals surface area (Å²) in [5, 5.41) is 3.43. The van der Waals surface area contributed by atoms with E-state index in [0.29, 0.717) is 12.5 Å². The lowest BCUT2D eigenvalue weighted by atomic mass is 9.68. The molecule has 0 amide bonds. The Kier molecular flexibility index (Phi) is 5.44. The number of nitrogens with one attached hydrogen (secondary N) is 1. The van der Waals surface area contributed by atoms with Gasteiger partial charge in [0.25, 0.3) is 0 Å². The molecule has 116 valence electrons. The van der Waals surface area contributed by atoms with Crippen LogP contribution in [0.15, 0.2) is 0 Å². The summed E-state index contributed by atoms with van der Waals surface area (Å²) in [6.45, 7) is 10.9.